The molecule has 2 nitrogen and oxygen atoms in total. The molecular formula is C15H25NO. The van der Waals surface area contributed by atoms with Gasteiger partial charge in [-0.2, -0.15) is 0 Å². The topological polar surface area (TPSA) is 21.3 Å². The molecule has 0 bridgehead atoms. The highest BCUT2D eigenvalue weighted by Gasteiger charge is 2.04. The number of ether oxygens (including phenoxy) is 1. The molecule has 0 saturated heterocycles. The van der Waals surface area contributed by atoms with E-state index in [0.717, 1.165) is 25.4 Å². The van der Waals surface area contributed by atoms with Crippen LogP contribution in [0.2, 0.25) is 0 Å². The van der Waals surface area contributed by atoms with Gasteiger partial charge in [-0.05, 0) is 24.4 Å². The number of para-hydroxylation sites is 1. The molecule has 1 aromatic carbocycles. The summed E-state index contributed by atoms with van der Waals surface area (Å²) in [4.78, 5) is 0. The predicted molar refractivity (Wildman–Crippen MR) is 73.3 cm³/mol. The summed E-state index contributed by atoms with van der Waals surface area (Å²) in [6.07, 6.45) is 0. The highest BCUT2D eigenvalue weighted by Crippen LogP contribution is 2.18. The maximum Gasteiger partial charge on any atom is 0.123 e. The Bertz CT molecular complexity index is 320. The van der Waals surface area contributed by atoms with E-state index < -0.39 is 0 Å². The Labute approximate surface area is 105 Å². The first-order valence-corrected chi connectivity index (χ1v) is 6.51. The van der Waals surface area contributed by atoms with Crippen molar-refractivity contribution in [3.63, 3.8) is 0 Å². The molecule has 1 aromatic rings. The largest absolute Gasteiger partial charge is 0.493 e. The summed E-state index contributed by atoms with van der Waals surface area (Å²) in [5.41, 5.74) is 1.24. The van der Waals surface area contributed by atoms with Gasteiger partial charge in [0.05, 0.1) is 6.61 Å². The number of rotatable bonds is 7. The minimum Gasteiger partial charge on any atom is -0.493 e. The summed E-state index contributed by atoms with van der Waals surface area (Å²) in [6.45, 7) is 11.5. The molecule has 0 aliphatic rings. The minimum absolute atomic E-state index is 0.562. The molecule has 2 heteroatoms. The smallest absolute Gasteiger partial charge is 0.123 e. The van der Waals surface area contributed by atoms with Gasteiger partial charge in [-0.3, -0.25) is 0 Å². The number of benzene rings is 1. The highest BCUT2D eigenvalue weighted by atomic mass is 16.5. The van der Waals surface area contributed by atoms with Crippen molar-refractivity contribution < 1.29 is 4.74 Å². The molecule has 0 saturated carbocycles. The van der Waals surface area contributed by atoms with Gasteiger partial charge < -0.3 is 10.1 Å². The average Bonchev–Trinajstić information content (AvgIpc) is 2.27. The first kappa shape index (κ1) is 14.0. The van der Waals surface area contributed by atoms with E-state index in [-0.39, 0.29) is 0 Å². The predicted octanol–water partition coefficient (Wildman–Crippen LogP) is 3.47. The number of hydrogen-bond donors (Lipinski definition) is 1. The second-order valence-corrected chi connectivity index (χ2v) is 5.34. The van der Waals surface area contributed by atoms with Gasteiger partial charge in [0.1, 0.15) is 5.75 Å². The zero-order valence-electron chi connectivity index (χ0n) is 11.5. The fourth-order valence-electron chi connectivity index (χ4n) is 1.54. The molecule has 0 atom stereocenters. The molecule has 0 aliphatic heterocycles. The van der Waals surface area contributed by atoms with Crippen LogP contribution >= 0.6 is 0 Å². The Morgan fingerprint density at radius 3 is 2.41 bits per heavy atom. The molecular weight excluding hydrogens is 210 g/mol. The van der Waals surface area contributed by atoms with Crippen LogP contribution in [0.1, 0.15) is 33.3 Å². The Kier molecular flexibility index (Phi) is 6.06. The van der Waals surface area contributed by atoms with E-state index in [4.69, 9.17) is 4.74 Å². The van der Waals surface area contributed by atoms with Crippen LogP contribution in [0.3, 0.4) is 0 Å². The van der Waals surface area contributed by atoms with Crippen molar-refractivity contribution in [3.05, 3.63) is 29.8 Å². The molecule has 0 spiro atoms. The zero-order chi connectivity index (χ0) is 12.7. The Balaban J connectivity index is 2.51. The van der Waals surface area contributed by atoms with Gasteiger partial charge in [0.2, 0.25) is 0 Å². The molecule has 0 amide bonds. The van der Waals surface area contributed by atoms with Crippen LogP contribution in [0, 0.1) is 11.8 Å². The monoisotopic (exact) mass is 235 g/mol. The van der Waals surface area contributed by atoms with E-state index in [1.807, 2.05) is 6.07 Å². The third kappa shape index (κ3) is 5.73. The second-order valence-electron chi connectivity index (χ2n) is 5.34. The van der Waals surface area contributed by atoms with Crippen molar-refractivity contribution in [1.29, 1.82) is 0 Å². The van der Waals surface area contributed by atoms with Crippen LogP contribution < -0.4 is 10.1 Å². The summed E-state index contributed by atoms with van der Waals surface area (Å²) in [5, 5.41) is 3.45. The van der Waals surface area contributed by atoms with Crippen LogP contribution in [-0.4, -0.2) is 13.2 Å². The molecule has 17 heavy (non-hydrogen) atoms. The van der Waals surface area contributed by atoms with Gasteiger partial charge in [0.15, 0.2) is 0 Å². The van der Waals surface area contributed by atoms with E-state index in [1.165, 1.54) is 5.56 Å². The van der Waals surface area contributed by atoms with Gasteiger partial charge in [-0.25, -0.2) is 0 Å². The molecule has 0 aliphatic carbocycles. The van der Waals surface area contributed by atoms with Gasteiger partial charge in [0.25, 0.3) is 0 Å². The van der Waals surface area contributed by atoms with Crippen LogP contribution in [0.15, 0.2) is 24.3 Å². The van der Waals surface area contributed by atoms with Crippen molar-refractivity contribution in [3.8, 4) is 5.75 Å². The quantitative estimate of drug-likeness (QED) is 0.781. The van der Waals surface area contributed by atoms with Crippen LogP contribution in [0.25, 0.3) is 0 Å². The van der Waals surface area contributed by atoms with E-state index in [9.17, 15) is 0 Å². The third-order valence-corrected chi connectivity index (χ3v) is 2.41. The average molecular weight is 235 g/mol. The lowest BCUT2D eigenvalue weighted by Crippen LogP contribution is -2.19. The van der Waals surface area contributed by atoms with Crippen molar-refractivity contribution in [2.24, 2.45) is 11.8 Å². The lowest BCUT2D eigenvalue weighted by Gasteiger charge is -2.14. The fourth-order valence-corrected chi connectivity index (χ4v) is 1.54. The first-order valence-electron chi connectivity index (χ1n) is 6.51. The minimum atomic E-state index is 0.562. The summed E-state index contributed by atoms with van der Waals surface area (Å²) < 4.78 is 5.82. The summed E-state index contributed by atoms with van der Waals surface area (Å²) in [6, 6.07) is 8.27. The highest BCUT2D eigenvalue weighted by molar-refractivity contribution is 5.33. The zero-order valence-corrected chi connectivity index (χ0v) is 11.5. The maximum atomic E-state index is 5.82. The van der Waals surface area contributed by atoms with Crippen molar-refractivity contribution in [2.45, 2.75) is 34.2 Å². The number of nitrogens with one attached hydrogen (secondary N) is 1. The van der Waals surface area contributed by atoms with E-state index in [0.29, 0.717) is 11.8 Å². The van der Waals surface area contributed by atoms with Crippen molar-refractivity contribution in [2.75, 3.05) is 13.2 Å². The Hall–Kier alpha value is -1.02. The molecule has 0 radical (unpaired) electrons. The summed E-state index contributed by atoms with van der Waals surface area (Å²) in [5.74, 6) is 2.25. The maximum absolute atomic E-state index is 5.82. The SMILES string of the molecule is CC(C)CNCc1ccccc1OCC(C)C. The van der Waals surface area contributed by atoms with Gasteiger partial charge >= 0.3 is 0 Å². The summed E-state index contributed by atoms with van der Waals surface area (Å²) in [7, 11) is 0. The molecule has 0 aromatic heterocycles. The molecule has 1 N–H and O–H groups in total. The Morgan fingerprint density at radius 1 is 1.06 bits per heavy atom. The standard InChI is InChI=1S/C15H25NO/c1-12(2)9-16-10-14-7-5-6-8-15(14)17-11-13(3)4/h5-8,12-13,16H,9-11H2,1-4H3. The Morgan fingerprint density at radius 2 is 1.76 bits per heavy atom. The molecule has 0 unspecified atom stereocenters. The molecule has 1 rings (SSSR count). The summed E-state index contributed by atoms with van der Waals surface area (Å²) >= 11 is 0. The van der Waals surface area contributed by atoms with Gasteiger partial charge in [-0.15, -0.1) is 0 Å². The fraction of sp³-hybridized carbons (Fsp3) is 0.600. The molecule has 96 valence electrons. The lowest BCUT2D eigenvalue weighted by atomic mass is 10.1. The molecule has 0 heterocycles. The normalized spacial score (nSPS) is 11.2. The van der Waals surface area contributed by atoms with E-state index in [2.05, 4.69) is 51.2 Å². The van der Waals surface area contributed by atoms with Crippen LogP contribution in [-0.2, 0) is 6.54 Å². The second kappa shape index (κ2) is 7.33. The third-order valence-electron chi connectivity index (χ3n) is 2.41. The van der Waals surface area contributed by atoms with E-state index >= 15 is 0 Å². The van der Waals surface area contributed by atoms with E-state index in [1.54, 1.807) is 0 Å². The first-order chi connectivity index (χ1) is 8.09. The van der Waals surface area contributed by atoms with Gasteiger partial charge in [0, 0.05) is 12.1 Å². The molecule has 0 fully saturated rings. The van der Waals surface area contributed by atoms with Crippen molar-refractivity contribution in [1.82, 2.24) is 5.32 Å². The van der Waals surface area contributed by atoms with Gasteiger partial charge in [-0.1, -0.05) is 45.9 Å². The lowest BCUT2D eigenvalue weighted by molar-refractivity contribution is 0.268. The van der Waals surface area contributed by atoms with Crippen LogP contribution in [0.5, 0.6) is 5.75 Å². The van der Waals surface area contributed by atoms with Crippen LogP contribution in [0.4, 0.5) is 0 Å². The number of hydrogen-bond acceptors (Lipinski definition) is 2. The van der Waals surface area contributed by atoms with Crippen molar-refractivity contribution >= 4 is 0 Å².